The lowest BCUT2D eigenvalue weighted by atomic mass is 10.1. The Balaban J connectivity index is 1.73. The van der Waals surface area contributed by atoms with Crippen molar-refractivity contribution in [1.82, 2.24) is 15.2 Å². The van der Waals surface area contributed by atoms with E-state index >= 15 is 0 Å². The van der Waals surface area contributed by atoms with E-state index < -0.39 is 0 Å². The van der Waals surface area contributed by atoms with Crippen molar-refractivity contribution in [3.8, 4) is 0 Å². The maximum Gasteiger partial charge on any atom is 0.244 e. The van der Waals surface area contributed by atoms with Crippen molar-refractivity contribution in [1.29, 1.82) is 0 Å². The third-order valence-corrected chi connectivity index (χ3v) is 2.48. The van der Waals surface area contributed by atoms with Gasteiger partial charge >= 0.3 is 0 Å². The summed E-state index contributed by atoms with van der Waals surface area (Å²) in [6.45, 7) is 0.837. The molecule has 1 aromatic carbocycles. The van der Waals surface area contributed by atoms with E-state index in [1.165, 1.54) is 5.56 Å². The van der Waals surface area contributed by atoms with Crippen LogP contribution in [0, 0.1) is 0 Å². The molecule has 5 heteroatoms. The van der Waals surface area contributed by atoms with Gasteiger partial charge in [-0.3, -0.25) is 0 Å². The Labute approximate surface area is 105 Å². The van der Waals surface area contributed by atoms with Gasteiger partial charge in [-0.25, -0.2) is 0 Å². The predicted molar refractivity (Wildman–Crippen MR) is 68.1 cm³/mol. The summed E-state index contributed by atoms with van der Waals surface area (Å²) < 4.78 is 0. The first-order chi connectivity index (χ1) is 8.34. The van der Waals surface area contributed by atoms with E-state index in [0.717, 1.165) is 19.4 Å². The molecular formula is C12H13ClN4. The third kappa shape index (κ3) is 4.00. The molecule has 0 saturated heterocycles. The van der Waals surface area contributed by atoms with Crippen LogP contribution in [0.1, 0.15) is 12.0 Å². The number of nitrogens with zero attached hydrogens (tertiary/aromatic N) is 3. The molecule has 0 aliphatic heterocycles. The highest BCUT2D eigenvalue weighted by atomic mass is 35.5. The Bertz CT molecular complexity index is 461. The molecule has 0 aliphatic rings. The molecule has 2 rings (SSSR count). The van der Waals surface area contributed by atoms with Crippen LogP contribution in [-0.2, 0) is 6.42 Å². The van der Waals surface area contributed by atoms with Crippen molar-refractivity contribution in [2.45, 2.75) is 12.8 Å². The van der Waals surface area contributed by atoms with Crippen LogP contribution in [0.2, 0.25) is 5.28 Å². The van der Waals surface area contributed by atoms with Crippen molar-refractivity contribution in [3.05, 3.63) is 47.4 Å². The topological polar surface area (TPSA) is 50.7 Å². The second-order valence-corrected chi connectivity index (χ2v) is 3.96. The highest BCUT2D eigenvalue weighted by Gasteiger charge is 1.97. The number of aromatic nitrogens is 3. The lowest BCUT2D eigenvalue weighted by Crippen LogP contribution is -2.05. The SMILES string of the molecule is Clc1nncc(NCCCc2ccccc2)n1. The summed E-state index contributed by atoms with van der Waals surface area (Å²) in [6, 6.07) is 10.4. The van der Waals surface area contributed by atoms with Crippen molar-refractivity contribution in [3.63, 3.8) is 0 Å². The van der Waals surface area contributed by atoms with Gasteiger partial charge in [-0.15, -0.1) is 5.10 Å². The molecule has 2 aromatic rings. The molecule has 0 unspecified atom stereocenters. The molecule has 0 amide bonds. The van der Waals surface area contributed by atoms with Gasteiger partial charge in [-0.05, 0) is 30.0 Å². The zero-order chi connectivity index (χ0) is 11.9. The average Bonchev–Trinajstić information content (AvgIpc) is 2.36. The normalized spacial score (nSPS) is 10.2. The number of rotatable bonds is 5. The zero-order valence-corrected chi connectivity index (χ0v) is 10.1. The second-order valence-electron chi connectivity index (χ2n) is 3.63. The van der Waals surface area contributed by atoms with E-state index in [2.05, 4.69) is 44.8 Å². The van der Waals surface area contributed by atoms with E-state index in [9.17, 15) is 0 Å². The highest BCUT2D eigenvalue weighted by molar-refractivity contribution is 6.28. The van der Waals surface area contributed by atoms with Crippen LogP contribution in [0.4, 0.5) is 5.82 Å². The van der Waals surface area contributed by atoms with Crippen molar-refractivity contribution >= 4 is 17.4 Å². The number of benzene rings is 1. The second kappa shape index (κ2) is 6.15. The fourth-order valence-electron chi connectivity index (χ4n) is 1.52. The van der Waals surface area contributed by atoms with Crippen LogP contribution in [0.5, 0.6) is 0 Å². The van der Waals surface area contributed by atoms with Crippen LogP contribution < -0.4 is 5.32 Å². The quantitative estimate of drug-likeness (QED) is 0.827. The molecule has 4 nitrogen and oxygen atoms in total. The van der Waals surface area contributed by atoms with E-state index in [4.69, 9.17) is 11.6 Å². The Morgan fingerprint density at radius 1 is 1.18 bits per heavy atom. The van der Waals surface area contributed by atoms with Gasteiger partial charge in [0, 0.05) is 6.54 Å². The smallest absolute Gasteiger partial charge is 0.244 e. The molecule has 0 fully saturated rings. The summed E-state index contributed by atoms with van der Waals surface area (Å²) in [5, 5.41) is 10.6. The summed E-state index contributed by atoms with van der Waals surface area (Å²) in [5.41, 5.74) is 1.34. The molecule has 0 atom stereocenters. The Kier molecular flexibility index (Phi) is 4.27. The summed E-state index contributed by atoms with van der Waals surface area (Å²) >= 11 is 5.63. The van der Waals surface area contributed by atoms with E-state index in [-0.39, 0.29) is 5.28 Å². The number of nitrogens with one attached hydrogen (secondary N) is 1. The van der Waals surface area contributed by atoms with E-state index in [0.29, 0.717) is 5.82 Å². The minimum atomic E-state index is 0.165. The number of aryl methyl sites for hydroxylation is 1. The first-order valence-corrected chi connectivity index (χ1v) is 5.85. The van der Waals surface area contributed by atoms with Crippen LogP contribution in [0.15, 0.2) is 36.5 Å². The number of hydrogen-bond donors (Lipinski definition) is 1. The number of hydrogen-bond acceptors (Lipinski definition) is 4. The Morgan fingerprint density at radius 3 is 2.76 bits per heavy atom. The lowest BCUT2D eigenvalue weighted by molar-refractivity contribution is 0.852. The standard InChI is InChI=1S/C12H13ClN4/c13-12-16-11(9-15-17-12)14-8-4-7-10-5-2-1-3-6-10/h1-3,5-6,9H,4,7-8H2,(H,14,16,17). The largest absolute Gasteiger partial charge is 0.369 e. The minimum absolute atomic E-state index is 0.165. The van der Waals surface area contributed by atoms with Crippen molar-refractivity contribution < 1.29 is 0 Å². The highest BCUT2D eigenvalue weighted by Crippen LogP contribution is 2.05. The minimum Gasteiger partial charge on any atom is -0.369 e. The monoisotopic (exact) mass is 248 g/mol. The van der Waals surface area contributed by atoms with Gasteiger partial charge in [0.1, 0.15) is 5.82 Å². The Morgan fingerprint density at radius 2 is 2.00 bits per heavy atom. The van der Waals surface area contributed by atoms with Crippen molar-refractivity contribution in [2.24, 2.45) is 0 Å². The molecule has 0 saturated carbocycles. The van der Waals surface area contributed by atoms with Crippen LogP contribution in [-0.4, -0.2) is 21.7 Å². The van der Waals surface area contributed by atoms with Crippen LogP contribution >= 0.6 is 11.6 Å². The molecule has 1 aromatic heterocycles. The van der Waals surface area contributed by atoms with Gasteiger partial charge < -0.3 is 5.32 Å². The predicted octanol–water partition coefficient (Wildman–Crippen LogP) is 2.57. The van der Waals surface area contributed by atoms with E-state index in [1.807, 2.05) is 6.07 Å². The van der Waals surface area contributed by atoms with Crippen LogP contribution in [0.3, 0.4) is 0 Å². The van der Waals surface area contributed by atoms with Gasteiger partial charge in [-0.2, -0.15) is 10.1 Å². The summed E-state index contributed by atoms with van der Waals surface area (Å²) in [5.74, 6) is 0.665. The molecular weight excluding hydrogens is 236 g/mol. The van der Waals surface area contributed by atoms with Crippen molar-refractivity contribution in [2.75, 3.05) is 11.9 Å². The third-order valence-electron chi connectivity index (χ3n) is 2.32. The van der Waals surface area contributed by atoms with Gasteiger partial charge in [0.15, 0.2) is 0 Å². The molecule has 0 spiro atoms. The number of halogens is 1. The fraction of sp³-hybridized carbons (Fsp3) is 0.250. The molecule has 88 valence electrons. The maximum absolute atomic E-state index is 5.63. The lowest BCUT2D eigenvalue weighted by Gasteiger charge is -2.04. The molecule has 17 heavy (non-hydrogen) atoms. The molecule has 0 aliphatic carbocycles. The summed E-state index contributed by atoms with van der Waals surface area (Å²) in [6.07, 6.45) is 3.64. The molecule has 1 heterocycles. The number of anilines is 1. The maximum atomic E-state index is 5.63. The molecule has 0 radical (unpaired) electrons. The fourth-order valence-corrected chi connectivity index (χ4v) is 1.66. The Hall–Kier alpha value is -1.68. The van der Waals surface area contributed by atoms with Gasteiger partial charge in [0.25, 0.3) is 0 Å². The molecule has 1 N–H and O–H groups in total. The summed E-state index contributed by atoms with van der Waals surface area (Å²) in [7, 11) is 0. The summed E-state index contributed by atoms with van der Waals surface area (Å²) in [4.78, 5) is 4.00. The van der Waals surface area contributed by atoms with E-state index in [1.54, 1.807) is 6.20 Å². The van der Waals surface area contributed by atoms with Gasteiger partial charge in [-0.1, -0.05) is 30.3 Å². The first-order valence-electron chi connectivity index (χ1n) is 5.47. The zero-order valence-electron chi connectivity index (χ0n) is 9.31. The molecule has 0 bridgehead atoms. The van der Waals surface area contributed by atoms with Crippen LogP contribution in [0.25, 0.3) is 0 Å². The average molecular weight is 249 g/mol. The van der Waals surface area contributed by atoms with Gasteiger partial charge in [0.05, 0.1) is 6.20 Å². The van der Waals surface area contributed by atoms with Gasteiger partial charge in [0.2, 0.25) is 5.28 Å². The first kappa shape index (κ1) is 11.8.